The van der Waals surface area contributed by atoms with Gasteiger partial charge in [-0.1, -0.05) is 142 Å². The third kappa shape index (κ3) is 12.8. The monoisotopic (exact) mass is 708 g/mol. The summed E-state index contributed by atoms with van der Waals surface area (Å²) in [5.41, 5.74) is 4.56. The van der Waals surface area contributed by atoms with E-state index in [4.69, 9.17) is 16.6 Å². The molecule has 4 N–H and O–H groups in total. The number of aromatic nitrogens is 1. The number of pyridine rings is 1. The van der Waals surface area contributed by atoms with Gasteiger partial charge >= 0.3 is 29.6 Å². The topological polar surface area (TPSA) is 113 Å². The molecule has 0 spiro atoms. The van der Waals surface area contributed by atoms with E-state index >= 15 is 0 Å². The predicted molar refractivity (Wildman–Crippen MR) is 200 cm³/mol. The molecule has 0 aliphatic heterocycles. The molecule has 2 aliphatic rings. The van der Waals surface area contributed by atoms with E-state index in [1.165, 1.54) is 44.1 Å². The van der Waals surface area contributed by atoms with Crippen LogP contribution in [0, 0.1) is 5.41 Å². The second-order valence-corrected chi connectivity index (χ2v) is 15.4. The standard InChI is InChI=1S/C35H35ClNO3S.C6H12.H3N.Na/c1-34(2,40)30-9-4-3-7-25(30)13-17-32(41-23-35(18-19-35)22-33(38)39)27-8-5-6-24(20-27)10-15-29-16-12-26-11-14-28(36)21-31(26)37-29;1-2-4-6-5-3-1;;/h3-12,14-16,20-21,32H,13,17-19,22-23H2,1-2H3,(H,38,39);1-6H2;1H3;/q-1;;;+1/b15-10+;;;/t32-;;;/m1.../s1. The van der Waals surface area contributed by atoms with Crippen LogP contribution in [0.4, 0.5) is 0 Å². The fraction of sp³-hybridized carbons (Fsp3) is 0.415. The minimum absolute atomic E-state index is 0. The first-order chi connectivity index (χ1) is 22.6. The van der Waals surface area contributed by atoms with Crippen molar-refractivity contribution in [1.29, 1.82) is 0 Å². The largest absolute Gasteiger partial charge is 1.00 e. The Morgan fingerprint density at radius 2 is 1.61 bits per heavy atom. The molecule has 256 valence electrons. The maximum absolute atomic E-state index is 12.8. The summed E-state index contributed by atoms with van der Waals surface area (Å²) in [4.78, 5) is 16.1. The van der Waals surface area contributed by atoms with Gasteiger partial charge in [-0.3, -0.25) is 0 Å². The summed E-state index contributed by atoms with van der Waals surface area (Å²) in [6.07, 6.45) is 16.7. The minimum atomic E-state index is -1.17. The SMILES string of the molecule is C1CCCCC1.CC(C)([O-])c1ccccc1CC[C@@H](SCC1(CC(=O)[O-])CC1)c1cccc(/C=C/c2ccc3ccc(Cl)cc3n2)c1.[NH4+].[Na+]. The fourth-order valence-corrected chi connectivity index (χ4v) is 8.13. The van der Waals surface area contributed by atoms with Crippen LogP contribution in [0.2, 0.25) is 5.02 Å². The van der Waals surface area contributed by atoms with Gasteiger partial charge in [-0.05, 0) is 84.2 Å². The number of hydrogen-bond acceptors (Lipinski definition) is 5. The van der Waals surface area contributed by atoms with Crippen LogP contribution in [-0.2, 0) is 16.8 Å². The second-order valence-electron chi connectivity index (χ2n) is 13.8. The quantitative estimate of drug-likeness (QED) is 0.165. The number of rotatable bonds is 12. The van der Waals surface area contributed by atoms with Crippen molar-refractivity contribution in [2.45, 2.75) is 95.3 Å². The zero-order chi connectivity index (χ0) is 33.3. The Morgan fingerprint density at radius 3 is 2.27 bits per heavy atom. The van der Waals surface area contributed by atoms with E-state index in [9.17, 15) is 15.0 Å². The molecule has 0 unspecified atom stereocenters. The number of carbonyl (C=O) groups excluding carboxylic acids is 1. The molecule has 0 saturated heterocycles. The third-order valence-electron chi connectivity index (χ3n) is 9.31. The molecule has 1 aromatic heterocycles. The molecule has 1 heterocycles. The van der Waals surface area contributed by atoms with E-state index in [1.54, 1.807) is 13.8 Å². The summed E-state index contributed by atoms with van der Waals surface area (Å²) < 4.78 is 0. The van der Waals surface area contributed by atoms with Gasteiger partial charge in [0.05, 0.1) is 11.2 Å². The van der Waals surface area contributed by atoms with Crippen molar-refractivity contribution in [2.75, 3.05) is 5.75 Å². The van der Waals surface area contributed by atoms with E-state index < -0.39 is 11.6 Å². The number of benzene rings is 3. The molecule has 0 radical (unpaired) electrons. The van der Waals surface area contributed by atoms with Crippen LogP contribution in [0.25, 0.3) is 23.1 Å². The average Bonchev–Trinajstić information content (AvgIpc) is 3.83. The summed E-state index contributed by atoms with van der Waals surface area (Å²) in [6, 6.07) is 26.1. The molecule has 6 rings (SSSR count). The van der Waals surface area contributed by atoms with E-state index in [0.717, 1.165) is 64.7 Å². The number of halogens is 1. The van der Waals surface area contributed by atoms with E-state index in [-0.39, 0.29) is 52.8 Å². The van der Waals surface area contributed by atoms with E-state index in [2.05, 4.69) is 36.4 Å². The fourth-order valence-electron chi connectivity index (χ4n) is 6.40. The van der Waals surface area contributed by atoms with Gasteiger partial charge in [0.1, 0.15) is 0 Å². The maximum atomic E-state index is 12.8. The van der Waals surface area contributed by atoms with Gasteiger partial charge in [0, 0.05) is 21.6 Å². The second kappa shape index (κ2) is 19.4. The number of carboxylic acid groups (broad SMARTS) is 1. The van der Waals surface area contributed by atoms with E-state index in [1.807, 2.05) is 66.4 Å². The Hall–Kier alpha value is -2.16. The normalized spacial score (nSPS) is 15.8. The van der Waals surface area contributed by atoms with Gasteiger partial charge in [-0.2, -0.15) is 11.8 Å². The van der Waals surface area contributed by atoms with Crippen LogP contribution >= 0.6 is 23.4 Å². The van der Waals surface area contributed by atoms with Crippen molar-refractivity contribution in [2.24, 2.45) is 5.41 Å². The number of carbonyl (C=O) groups is 1. The van der Waals surface area contributed by atoms with Crippen molar-refractivity contribution >= 4 is 52.4 Å². The number of hydrogen-bond donors (Lipinski definition) is 1. The number of thioether (sulfide) groups is 1. The molecule has 5 nitrogen and oxygen atoms in total. The molecule has 2 saturated carbocycles. The minimum Gasteiger partial charge on any atom is -0.846 e. The summed E-state index contributed by atoms with van der Waals surface area (Å²) >= 11 is 7.99. The molecule has 4 aromatic rings. The zero-order valence-electron chi connectivity index (χ0n) is 29.7. The van der Waals surface area contributed by atoms with Gasteiger partial charge < -0.3 is 21.2 Å². The molecular formula is C41H50ClN2NaO3S. The Kier molecular flexibility index (Phi) is 16.4. The zero-order valence-corrected chi connectivity index (χ0v) is 33.3. The third-order valence-corrected chi connectivity index (χ3v) is 11.2. The van der Waals surface area contributed by atoms with Crippen LogP contribution < -0.4 is 45.9 Å². The van der Waals surface area contributed by atoms with Crippen LogP contribution in [0.3, 0.4) is 0 Å². The Balaban J connectivity index is 0.000000735. The van der Waals surface area contributed by atoms with Gasteiger partial charge in [0.2, 0.25) is 0 Å². The Bertz CT molecular complexity index is 1670. The molecule has 2 aliphatic carbocycles. The molecule has 0 amide bonds. The first kappa shape index (κ1) is 41.3. The molecule has 2 fully saturated rings. The van der Waals surface area contributed by atoms with Crippen LogP contribution in [0.15, 0.2) is 78.9 Å². The maximum Gasteiger partial charge on any atom is 1.00 e. The molecule has 0 bridgehead atoms. The molecule has 8 heteroatoms. The molecule has 3 aromatic carbocycles. The van der Waals surface area contributed by atoms with Crippen molar-refractivity contribution < 1.29 is 44.6 Å². The number of quaternary nitrogens is 1. The van der Waals surface area contributed by atoms with Crippen molar-refractivity contribution in [1.82, 2.24) is 11.1 Å². The van der Waals surface area contributed by atoms with Crippen LogP contribution in [-0.4, -0.2) is 16.7 Å². The van der Waals surface area contributed by atoms with Gasteiger partial charge in [-0.25, -0.2) is 4.98 Å². The molecular weight excluding hydrogens is 659 g/mol. The van der Waals surface area contributed by atoms with Gasteiger partial charge in [-0.15, -0.1) is 0 Å². The van der Waals surface area contributed by atoms with Crippen molar-refractivity contribution in [3.8, 4) is 0 Å². The van der Waals surface area contributed by atoms with Crippen molar-refractivity contribution in [3.63, 3.8) is 0 Å². The summed E-state index contributed by atoms with van der Waals surface area (Å²) in [7, 11) is 0. The van der Waals surface area contributed by atoms with E-state index in [0.29, 0.717) is 5.02 Å². The molecule has 1 atom stereocenters. The van der Waals surface area contributed by atoms with Crippen LogP contribution in [0.1, 0.15) is 111 Å². The Labute approximate surface area is 324 Å². The van der Waals surface area contributed by atoms with Crippen LogP contribution in [0.5, 0.6) is 0 Å². The smallest absolute Gasteiger partial charge is 0.846 e. The number of aliphatic carboxylic acids is 1. The summed E-state index contributed by atoms with van der Waals surface area (Å²) in [5.74, 6) is -0.188. The van der Waals surface area contributed by atoms with Gasteiger partial charge in [0.25, 0.3) is 0 Å². The average molecular weight is 709 g/mol. The number of nitrogens with zero attached hydrogens (tertiary/aromatic N) is 1. The first-order valence-corrected chi connectivity index (χ1v) is 18.5. The predicted octanol–water partition coefficient (Wildman–Crippen LogP) is 6.70. The number of aryl methyl sites for hydroxylation is 1. The summed E-state index contributed by atoms with van der Waals surface area (Å²) in [5, 5.41) is 26.1. The van der Waals surface area contributed by atoms with Crippen molar-refractivity contribution in [3.05, 3.63) is 112 Å². The molecule has 49 heavy (non-hydrogen) atoms. The summed E-state index contributed by atoms with van der Waals surface area (Å²) in [6.45, 7) is 3.42. The Morgan fingerprint density at radius 1 is 0.939 bits per heavy atom. The number of fused-ring (bicyclic) bond motifs is 1. The first-order valence-electron chi connectivity index (χ1n) is 17.0. The number of carboxylic acids is 1. The van der Waals surface area contributed by atoms with Gasteiger partial charge in [0.15, 0.2) is 0 Å².